The lowest BCUT2D eigenvalue weighted by Crippen LogP contribution is -2.32. The second-order valence-corrected chi connectivity index (χ2v) is 7.60. The summed E-state index contributed by atoms with van der Waals surface area (Å²) >= 11 is 16.5. The molecule has 0 bridgehead atoms. The number of nitrogens with zero attached hydrogens (tertiary/aromatic N) is 1. The topological polar surface area (TPSA) is 98.1 Å². The molecular formula is C7H13Cl3NO5P. The molecule has 0 saturated carbocycles. The van der Waals surface area contributed by atoms with Crippen LogP contribution in [0.2, 0.25) is 0 Å². The summed E-state index contributed by atoms with van der Waals surface area (Å²) in [7, 11) is -4.30. The van der Waals surface area contributed by atoms with Gasteiger partial charge in [0.1, 0.15) is 6.29 Å². The van der Waals surface area contributed by atoms with E-state index >= 15 is 0 Å². The van der Waals surface area contributed by atoms with Gasteiger partial charge >= 0.3 is 13.6 Å². The molecule has 0 amide bonds. The Hall–Kier alpha value is 0.450. The Morgan fingerprint density at radius 2 is 1.82 bits per heavy atom. The number of halogens is 3. The Balaban J connectivity index is 4.21. The summed E-state index contributed by atoms with van der Waals surface area (Å²) < 4.78 is 9.32. The molecule has 0 unspecified atom stereocenters. The lowest BCUT2D eigenvalue weighted by Gasteiger charge is -2.21. The maximum atomic E-state index is 10.8. The monoisotopic (exact) mass is 327 g/mol. The smallest absolute Gasteiger partial charge is 0.339 e. The largest absolute Gasteiger partial charge is 0.480 e. The fourth-order valence-corrected chi connectivity index (χ4v) is 2.32. The molecule has 0 spiro atoms. The average molecular weight is 329 g/mol. The zero-order valence-electron chi connectivity index (χ0n) is 8.72. The van der Waals surface area contributed by atoms with Crippen molar-refractivity contribution < 1.29 is 24.3 Å². The van der Waals surface area contributed by atoms with Gasteiger partial charge in [-0.2, -0.15) is 0 Å². The van der Waals surface area contributed by atoms with Gasteiger partial charge in [0.15, 0.2) is 3.79 Å². The van der Waals surface area contributed by atoms with E-state index in [1.54, 1.807) is 0 Å². The summed E-state index contributed by atoms with van der Waals surface area (Å²) in [4.78, 5) is 29.1. The van der Waals surface area contributed by atoms with Crippen LogP contribution in [-0.2, 0) is 9.36 Å². The van der Waals surface area contributed by atoms with Crippen LogP contribution in [0.5, 0.6) is 0 Å². The minimum atomic E-state index is -4.30. The van der Waals surface area contributed by atoms with Crippen LogP contribution in [-0.4, -0.2) is 48.9 Å². The van der Waals surface area contributed by atoms with Crippen LogP contribution in [0, 0.1) is 0 Å². The number of carboxylic acids is 1. The van der Waals surface area contributed by atoms with Gasteiger partial charge in [0.25, 0.3) is 0 Å². The van der Waals surface area contributed by atoms with Crippen LogP contribution in [0.25, 0.3) is 0 Å². The highest BCUT2D eigenvalue weighted by Crippen LogP contribution is 2.36. The number of carbonyl (C=O) groups is 1. The van der Waals surface area contributed by atoms with E-state index < -0.39 is 30.2 Å². The number of hydrogen-bond donors (Lipinski definition) is 3. The molecule has 0 radical (unpaired) electrons. The van der Waals surface area contributed by atoms with Gasteiger partial charge < -0.3 is 14.9 Å². The zero-order valence-corrected chi connectivity index (χ0v) is 11.9. The molecule has 0 aliphatic carbocycles. The maximum Gasteiger partial charge on any atom is 0.339 e. The van der Waals surface area contributed by atoms with Crippen molar-refractivity contribution in [2.75, 3.05) is 19.4 Å². The van der Waals surface area contributed by atoms with E-state index in [1.165, 1.54) is 0 Å². The zero-order chi connectivity index (χ0) is 13.7. The van der Waals surface area contributed by atoms with E-state index in [1.807, 2.05) is 0 Å². The van der Waals surface area contributed by atoms with Gasteiger partial charge in [0.05, 0.1) is 6.54 Å². The quantitative estimate of drug-likeness (QED) is 0.486. The van der Waals surface area contributed by atoms with E-state index in [0.717, 1.165) is 4.90 Å². The average Bonchev–Trinajstić information content (AvgIpc) is 1.95. The summed E-state index contributed by atoms with van der Waals surface area (Å²) in [5.74, 6) is -1.17. The molecule has 0 rings (SSSR count). The van der Waals surface area contributed by atoms with E-state index in [4.69, 9.17) is 49.7 Å². The predicted octanol–water partition coefficient (Wildman–Crippen LogP) is 1.66. The van der Waals surface area contributed by atoms with Crippen LogP contribution in [0.15, 0.2) is 0 Å². The molecule has 0 heterocycles. The molecule has 0 saturated heterocycles. The van der Waals surface area contributed by atoms with Crippen molar-refractivity contribution in [1.82, 2.24) is 4.90 Å². The predicted molar refractivity (Wildman–Crippen MR) is 65.6 cm³/mol. The SMILES string of the molecule is O=C(O)CN(CCCC(Cl)(Cl)Cl)CP(=O)(O)O. The van der Waals surface area contributed by atoms with Crippen LogP contribution in [0.4, 0.5) is 0 Å². The fourth-order valence-electron chi connectivity index (χ4n) is 1.15. The van der Waals surface area contributed by atoms with Gasteiger partial charge in [-0.25, -0.2) is 0 Å². The van der Waals surface area contributed by atoms with Crippen molar-refractivity contribution in [3.05, 3.63) is 0 Å². The third kappa shape index (κ3) is 12.7. The van der Waals surface area contributed by atoms with E-state index in [2.05, 4.69) is 0 Å². The van der Waals surface area contributed by atoms with Crippen molar-refractivity contribution in [3.63, 3.8) is 0 Å². The minimum absolute atomic E-state index is 0.130. The molecule has 0 atom stereocenters. The number of aliphatic carboxylic acids is 1. The van der Waals surface area contributed by atoms with E-state index in [0.29, 0.717) is 6.42 Å². The maximum absolute atomic E-state index is 10.8. The minimum Gasteiger partial charge on any atom is -0.480 e. The molecule has 0 aliphatic heterocycles. The number of hydrogen-bond acceptors (Lipinski definition) is 3. The third-order valence-corrected chi connectivity index (χ3v) is 3.01. The standard InChI is InChI=1S/C7H13Cl3NO5P/c8-7(9,10)2-1-3-11(4-6(12)13)5-17(14,15)16/h1-5H2,(H,12,13)(H2,14,15,16). The molecule has 6 nitrogen and oxygen atoms in total. The first-order valence-corrected chi connectivity index (χ1v) is 7.48. The van der Waals surface area contributed by atoms with Crippen LogP contribution < -0.4 is 0 Å². The summed E-state index contributed by atoms with van der Waals surface area (Å²) in [6, 6.07) is 0. The number of carboxylic acid groups (broad SMARTS) is 1. The Morgan fingerprint density at radius 1 is 1.29 bits per heavy atom. The first-order valence-electron chi connectivity index (χ1n) is 4.55. The second-order valence-electron chi connectivity index (χ2n) is 3.47. The van der Waals surface area contributed by atoms with Gasteiger partial charge in [-0.05, 0) is 19.4 Å². The summed E-state index contributed by atoms with van der Waals surface area (Å²) in [5.41, 5.74) is 0. The Bertz CT molecular complexity index is 302. The molecule has 3 N–H and O–H groups in total. The highest BCUT2D eigenvalue weighted by molar-refractivity contribution is 7.51. The first-order chi connectivity index (χ1) is 7.49. The van der Waals surface area contributed by atoms with Crippen molar-refractivity contribution in [3.8, 4) is 0 Å². The van der Waals surface area contributed by atoms with Crippen LogP contribution >= 0.6 is 42.4 Å². The Kier molecular flexibility index (Phi) is 7.33. The van der Waals surface area contributed by atoms with Gasteiger partial charge in [-0.1, -0.05) is 34.8 Å². The lowest BCUT2D eigenvalue weighted by atomic mass is 10.3. The van der Waals surface area contributed by atoms with E-state index in [-0.39, 0.29) is 13.0 Å². The molecule has 102 valence electrons. The molecule has 10 heteroatoms. The van der Waals surface area contributed by atoms with Crippen LogP contribution in [0.1, 0.15) is 12.8 Å². The van der Waals surface area contributed by atoms with Crippen molar-refractivity contribution in [1.29, 1.82) is 0 Å². The van der Waals surface area contributed by atoms with Gasteiger partial charge in [-0.3, -0.25) is 14.3 Å². The molecule has 0 fully saturated rings. The third-order valence-electron chi connectivity index (χ3n) is 1.68. The lowest BCUT2D eigenvalue weighted by molar-refractivity contribution is -0.138. The van der Waals surface area contributed by atoms with Gasteiger partial charge in [-0.15, -0.1) is 0 Å². The highest BCUT2D eigenvalue weighted by Gasteiger charge is 2.23. The van der Waals surface area contributed by atoms with Crippen LogP contribution in [0.3, 0.4) is 0 Å². The number of rotatable bonds is 7. The van der Waals surface area contributed by atoms with Gasteiger partial charge in [0, 0.05) is 0 Å². The number of alkyl halides is 3. The molecule has 0 aromatic carbocycles. The van der Waals surface area contributed by atoms with Gasteiger partial charge in [0.2, 0.25) is 0 Å². The summed E-state index contributed by atoms with van der Waals surface area (Å²) in [5, 5.41) is 8.57. The summed E-state index contributed by atoms with van der Waals surface area (Å²) in [6.07, 6.45) is -0.127. The first kappa shape index (κ1) is 17.4. The highest BCUT2D eigenvalue weighted by atomic mass is 35.6. The molecule has 0 aromatic rings. The molecular weight excluding hydrogens is 315 g/mol. The normalized spacial score (nSPS) is 13.1. The molecule has 0 aromatic heterocycles. The van der Waals surface area contributed by atoms with Crippen molar-refractivity contribution >= 4 is 48.4 Å². The Morgan fingerprint density at radius 3 is 2.18 bits per heavy atom. The second kappa shape index (κ2) is 7.14. The molecule has 0 aliphatic rings. The summed E-state index contributed by atoms with van der Waals surface area (Å²) in [6.45, 7) is -0.337. The van der Waals surface area contributed by atoms with E-state index in [9.17, 15) is 9.36 Å². The Labute approximate surface area is 114 Å². The fraction of sp³-hybridized carbons (Fsp3) is 0.857. The van der Waals surface area contributed by atoms with Crippen molar-refractivity contribution in [2.45, 2.75) is 16.6 Å². The molecule has 17 heavy (non-hydrogen) atoms. The van der Waals surface area contributed by atoms with Crippen molar-refractivity contribution in [2.24, 2.45) is 0 Å².